The van der Waals surface area contributed by atoms with Crippen molar-refractivity contribution in [3.8, 4) is 5.75 Å². The fourth-order valence-corrected chi connectivity index (χ4v) is 2.46. The van der Waals surface area contributed by atoms with Gasteiger partial charge in [0.25, 0.3) is 5.91 Å². The third-order valence-corrected chi connectivity index (χ3v) is 3.64. The summed E-state index contributed by atoms with van der Waals surface area (Å²) < 4.78 is 43.6. The Morgan fingerprint density at radius 1 is 1.17 bits per heavy atom. The fraction of sp³-hybridized carbons (Fsp3) is 0.235. The molecule has 0 aliphatic heterocycles. The van der Waals surface area contributed by atoms with Gasteiger partial charge in [-0.1, -0.05) is 41.9 Å². The number of alkyl halides is 3. The van der Waals surface area contributed by atoms with E-state index >= 15 is 0 Å². The van der Waals surface area contributed by atoms with Crippen LogP contribution in [0.1, 0.15) is 24.1 Å². The van der Waals surface area contributed by atoms with Gasteiger partial charge in [0.15, 0.2) is 6.61 Å². The number of carbonyl (C=O) groups excluding carboxylic acids is 1. The number of nitrogens with one attached hydrogen (secondary N) is 1. The van der Waals surface area contributed by atoms with Crippen LogP contribution in [0, 0.1) is 0 Å². The van der Waals surface area contributed by atoms with Crippen molar-refractivity contribution in [3.63, 3.8) is 0 Å². The number of benzene rings is 2. The van der Waals surface area contributed by atoms with E-state index in [-0.39, 0.29) is 5.75 Å². The molecule has 0 fully saturated rings. The van der Waals surface area contributed by atoms with E-state index in [0.717, 1.165) is 6.07 Å². The molecule has 0 aliphatic carbocycles. The molecule has 1 atom stereocenters. The van der Waals surface area contributed by atoms with Gasteiger partial charge in [-0.25, -0.2) is 0 Å². The normalized spacial score (nSPS) is 12.5. The summed E-state index contributed by atoms with van der Waals surface area (Å²) in [7, 11) is 0. The van der Waals surface area contributed by atoms with Crippen LogP contribution in [0.4, 0.5) is 13.2 Å². The third kappa shape index (κ3) is 4.64. The van der Waals surface area contributed by atoms with E-state index in [0.29, 0.717) is 10.6 Å². The van der Waals surface area contributed by atoms with Gasteiger partial charge in [-0.3, -0.25) is 4.79 Å². The Labute approximate surface area is 142 Å². The number of hydrogen-bond donors (Lipinski definition) is 1. The molecular weight excluding hydrogens is 343 g/mol. The van der Waals surface area contributed by atoms with Crippen molar-refractivity contribution >= 4 is 17.5 Å². The summed E-state index contributed by atoms with van der Waals surface area (Å²) in [5.74, 6) is -0.926. The van der Waals surface area contributed by atoms with Crippen LogP contribution in [0.3, 0.4) is 0 Å². The lowest BCUT2D eigenvalue weighted by molar-refractivity contribution is -0.139. The summed E-state index contributed by atoms with van der Waals surface area (Å²) in [4.78, 5) is 11.9. The Kier molecular flexibility index (Phi) is 5.72. The van der Waals surface area contributed by atoms with Crippen LogP contribution in [0.2, 0.25) is 5.02 Å². The molecule has 24 heavy (non-hydrogen) atoms. The molecule has 7 heteroatoms. The number of para-hydroxylation sites is 1. The minimum atomic E-state index is -4.54. The molecular formula is C17H15ClF3NO2. The maximum absolute atomic E-state index is 12.9. The molecule has 0 aromatic heterocycles. The standard InChI is InChI=1S/C17H15ClF3NO2/c1-11(12-6-2-4-8-14(12)18)22-16(23)10-24-15-9-5-3-7-13(15)17(19,20)21/h2-9,11H,10H2,1H3,(H,22,23)/t11-/m1/s1. The van der Waals surface area contributed by atoms with E-state index in [1.807, 2.05) is 0 Å². The summed E-state index contributed by atoms with van der Waals surface area (Å²) in [6.07, 6.45) is -4.54. The summed E-state index contributed by atoms with van der Waals surface area (Å²) in [5.41, 5.74) is -0.208. The first-order chi connectivity index (χ1) is 11.3. The first-order valence-corrected chi connectivity index (χ1v) is 7.49. The number of halogens is 4. The molecule has 0 unspecified atom stereocenters. The molecule has 3 nitrogen and oxygen atoms in total. The van der Waals surface area contributed by atoms with Crippen molar-refractivity contribution < 1.29 is 22.7 Å². The lowest BCUT2D eigenvalue weighted by Crippen LogP contribution is -2.31. The molecule has 1 N–H and O–H groups in total. The highest BCUT2D eigenvalue weighted by Crippen LogP contribution is 2.35. The first-order valence-electron chi connectivity index (χ1n) is 7.12. The van der Waals surface area contributed by atoms with Crippen LogP contribution in [-0.2, 0) is 11.0 Å². The minimum absolute atomic E-state index is 0.384. The number of rotatable bonds is 5. The Hall–Kier alpha value is -2.21. The smallest absolute Gasteiger partial charge is 0.419 e. The number of amides is 1. The monoisotopic (exact) mass is 357 g/mol. The second-order valence-corrected chi connectivity index (χ2v) is 5.50. The van der Waals surface area contributed by atoms with Crippen molar-refractivity contribution in [1.82, 2.24) is 5.32 Å². The van der Waals surface area contributed by atoms with Gasteiger partial charge in [-0.05, 0) is 30.7 Å². The third-order valence-electron chi connectivity index (χ3n) is 3.30. The largest absolute Gasteiger partial charge is 0.483 e. The Bertz CT molecular complexity index is 719. The van der Waals surface area contributed by atoms with Crippen LogP contribution in [0.15, 0.2) is 48.5 Å². The van der Waals surface area contributed by atoms with Crippen molar-refractivity contribution in [2.75, 3.05) is 6.61 Å². The summed E-state index contributed by atoms with van der Waals surface area (Å²) in [6.45, 7) is 1.20. The van der Waals surface area contributed by atoms with Crippen molar-refractivity contribution in [1.29, 1.82) is 0 Å². The zero-order valence-electron chi connectivity index (χ0n) is 12.7. The second-order valence-electron chi connectivity index (χ2n) is 5.09. The minimum Gasteiger partial charge on any atom is -0.483 e. The molecule has 0 saturated carbocycles. The maximum atomic E-state index is 12.9. The molecule has 0 radical (unpaired) electrons. The van der Waals surface area contributed by atoms with Gasteiger partial charge in [0, 0.05) is 5.02 Å². The molecule has 1 amide bonds. The van der Waals surface area contributed by atoms with Gasteiger partial charge >= 0.3 is 6.18 Å². The van der Waals surface area contributed by atoms with E-state index in [1.165, 1.54) is 18.2 Å². The molecule has 0 heterocycles. The average Bonchev–Trinajstić information content (AvgIpc) is 2.52. The predicted octanol–water partition coefficient (Wildman–Crippen LogP) is 4.62. The summed E-state index contributed by atoms with van der Waals surface area (Å²) >= 11 is 6.04. The Morgan fingerprint density at radius 2 is 1.79 bits per heavy atom. The molecule has 0 spiro atoms. The fourth-order valence-electron chi connectivity index (χ4n) is 2.16. The van der Waals surface area contributed by atoms with E-state index in [2.05, 4.69) is 5.32 Å². The Morgan fingerprint density at radius 3 is 2.46 bits per heavy atom. The van der Waals surface area contributed by atoms with Crippen molar-refractivity contribution in [3.05, 3.63) is 64.7 Å². The lowest BCUT2D eigenvalue weighted by atomic mass is 10.1. The molecule has 2 rings (SSSR count). The lowest BCUT2D eigenvalue weighted by Gasteiger charge is -2.17. The van der Waals surface area contributed by atoms with Crippen LogP contribution >= 0.6 is 11.6 Å². The van der Waals surface area contributed by atoms with Gasteiger partial charge in [0.1, 0.15) is 5.75 Å². The zero-order chi connectivity index (χ0) is 17.7. The SMILES string of the molecule is C[C@@H](NC(=O)COc1ccccc1C(F)(F)F)c1ccccc1Cl. The van der Waals surface area contributed by atoms with Crippen LogP contribution in [0.5, 0.6) is 5.75 Å². The highest BCUT2D eigenvalue weighted by molar-refractivity contribution is 6.31. The zero-order valence-corrected chi connectivity index (χ0v) is 13.5. The predicted molar refractivity (Wildman–Crippen MR) is 84.9 cm³/mol. The highest BCUT2D eigenvalue weighted by Gasteiger charge is 2.34. The van der Waals surface area contributed by atoms with Crippen molar-refractivity contribution in [2.45, 2.75) is 19.1 Å². The molecule has 0 bridgehead atoms. The van der Waals surface area contributed by atoms with E-state index in [9.17, 15) is 18.0 Å². The van der Waals surface area contributed by atoms with Gasteiger partial charge in [-0.2, -0.15) is 13.2 Å². The van der Waals surface area contributed by atoms with E-state index in [4.69, 9.17) is 16.3 Å². The van der Waals surface area contributed by atoms with E-state index < -0.39 is 30.3 Å². The van der Waals surface area contributed by atoms with Crippen LogP contribution in [0.25, 0.3) is 0 Å². The van der Waals surface area contributed by atoms with Gasteiger partial charge < -0.3 is 10.1 Å². The second kappa shape index (κ2) is 7.57. The van der Waals surface area contributed by atoms with Gasteiger partial charge in [-0.15, -0.1) is 0 Å². The molecule has 2 aromatic rings. The van der Waals surface area contributed by atoms with Crippen molar-refractivity contribution in [2.24, 2.45) is 0 Å². The average molecular weight is 358 g/mol. The van der Waals surface area contributed by atoms with Crippen LogP contribution < -0.4 is 10.1 Å². The maximum Gasteiger partial charge on any atom is 0.419 e. The summed E-state index contributed by atoms with van der Waals surface area (Å²) in [6, 6.07) is 11.3. The molecule has 128 valence electrons. The topological polar surface area (TPSA) is 38.3 Å². The van der Waals surface area contributed by atoms with Gasteiger partial charge in [0.2, 0.25) is 0 Å². The van der Waals surface area contributed by atoms with Crippen LogP contribution in [-0.4, -0.2) is 12.5 Å². The van der Waals surface area contributed by atoms with E-state index in [1.54, 1.807) is 31.2 Å². The Balaban J connectivity index is 1.98. The number of carbonyl (C=O) groups is 1. The number of hydrogen-bond acceptors (Lipinski definition) is 2. The first kappa shape index (κ1) is 18.1. The highest BCUT2D eigenvalue weighted by atomic mass is 35.5. The molecule has 2 aromatic carbocycles. The molecule has 0 aliphatic rings. The summed E-state index contributed by atoms with van der Waals surface area (Å²) in [5, 5.41) is 3.13. The quantitative estimate of drug-likeness (QED) is 0.848. The van der Waals surface area contributed by atoms with Gasteiger partial charge in [0.05, 0.1) is 11.6 Å². The number of ether oxygens (including phenoxy) is 1. The molecule has 0 saturated heterocycles.